The lowest BCUT2D eigenvalue weighted by Gasteiger charge is -2.35. The van der Waals surface area contributed by atoms with Crippen LogP contribution >= 0.6 is 0 Å². The first-order chi connectivity index (χ1) is 13.6. The molecular weight excluding hydrogens is 363 g/mol. The van der Waals surface area contributed by atoms with E-state index in [0.29, 0.717) is 54.3 Å². The summed E-state index contributed by atoms with van der Waals surface area (Å²) >= 11 is 0. The molecule has 1 aromatic carbocycles. The van der Waals surface area contributed by atoms with Gasteiger partial charge < -0.3 is 14.6 Å². The number of pyridine rings is 1. The Hall–Kier alpha value is -2.87. The molecule has 3 aromatic rings. The van der Waals surface area contributed by atoms with Crippen molar-refractivity contribution >= 4 is 16.8 Å². The number of fused-ring (bicyclic) bond motifs is 1. The van der Waals surface area contributed by atoms with Crippen LogP contribution < -0.4 is 5.32 Å². The van der Waals surface area contributed by atoms with Crippen LogP contribution in [0.5, 0.6) is 0 Å². The van der Waals surface area contributed by atoms with Crippen molar-refractivity contribution in [2.45, 2.75) is 37.1 Å². The van der Waals surface area contributed by atoms with Gasteiger partial charge in [0.05, 0.1) is 11.1 Å². The summed E-state index contributed by atoms with van der Waals surface area (Å²) in [5.74, 6) is 0.0967. The van der Waals surface area contributed by atoms with Crippen molar-refractivity contribution in [2.75, 3.05) is 13.2 Å². The second kappa shape index (κ2) is 6.63. The zero-order chi connectivity index (χ0) is 19.1. The summed E-state index contributed by atoms with van der Waals surface area (Å²) in [7, 11) is 0. The summed E-state index contributed by atoms with van der Waals surface area (Å²) in [6.07, 6.45) is 4.44. The van der Waals surface area contributed by atoms with Gasteiger partial charge in [0.15, 0.2) is 5.82 Å². The van der Waals surface area contributed by atoms with E-state index in [1.54, 1.807) is 12.1 Å². The second-order valence-electron chi connectivity index (χ2n) is 7.43. The molecule has 2 aromatic heterocycles. The van der Waals surface area contributed by atoms with Crippen molar-refractivity contribution < 1.29 is 18.4 Å². The number of nitrogens with one attached hydrogen (secondary N) is 1. The minimum Gasteiger partial charge on any atom is -0.381 e. The summed E-state index contributed by atoms with van der Waals surface area (Å²) in [4.78, 5) is 22.1. The highest BCUT2D eigenvalue weighted by molar-refractivity contribution is 6.06. The van der Waals surface area contributed by atoms with Gasteiger partial charge in [0, 0.05) is 43.1 Å². The number of rotatable bonds is 4. The summed E-state index contributed by atoms with van der Waals surface area (Å²) in [6, 6.07) is 6.14. The molecule has 1 aliphatic heterocycles. The summed E-state index contributed by atoms with van der Waals surface area (Å²) < 4.78 is 24.3. The van der Waals surface area contributed by atoms with Crippen molar-refractivity contribution in [3.8, 4) is 0 Å². The normalized spacial score (nSPS) is 18.9. The van der Waals surface area contributed by atoms with Gasteiger partial charge in [-0.3, -0.25) is 9.78 Å². The Morgan fingerprint density at radius 3 is 2.75 bits per heavy atom. The highest BCUT2D eigenvalue weighted by Crippen LogP contribution is 2.40. The molecule has 2 aliphatic rings. The third-order valence-electron chi connectivity index (χ3n) is 5.52. The lowest BCUT2D eigenvalue weighted by molar-refractivity contribution is 0.0306. The van der Waals surface area contributed by atoms with Gasteiger partial charge in [-0.05, 0) is 37.1 Å². The fourth-order valence-corrected chi connectivity index (χ4v) is 3.79. The molecule has 28 heavy (non-hydrogen) atoms. The van der Waals surface area contributed by atoms with Gasteiger partial charge in [-0.2, -0.15) is 4.98 Å². The van der Waals surface area contributed by atoms with E-state index in [1.165, 1.54) is 18.5 Å². The van der Waals surface area contributed by atoms with Gasteiger partial charge in [-0.25, -0.2) is 4.39 Å². The van der Waals surface area contributed by atoms with E-state index in [9.17, 15) is 9.18 Å². The monoisotopic (exact) mass is 382 g/mol. The van der Waals surface area contributed by atoms with Gasteiger partial charge >= 0.3 is 0 Å². The molecule has 1 aliphatic carbocycles. The van der Waals surface area contributed by atoms with Crippen LogP contribution in [0, 0.1) is 5.82 Å². The van der Waals surface area contributed by atoms with Gasteiger partial charge in [0.25, 0.3) is 5.91 Å². The average Bonchev–Trinajstić information content (AvgIpc) is 3.41. The maximum absolute atomic E-state index is 13.9. The molecule has 8 heteroatoms. The van der Waals surface area contributed by atoms with E-state index in [-0.39, 0.29) is 5.91 Å². The van der Waals surface area contributed by atoms with Crippen molar-refractivity contribution in [3.63, 3.8) is 0 Å². The van der Waals surface area contributed by atoms with Crippen LogP contribution in [-0.2, 0) is 10.3 Å². The molecule has 5 rings (SSSR count). The molecule has 2 fully saturated rings. The molecule has 1 N–H and O–H groups in total. The quantitative estimate of drug-likeness (QED) is 0.746. The highest BCUT2D eigenvalue weighted by Gasteiger charge is 2.40. The van der Waals surface area contributed by atoms with Gasteiger partial charge in [-0.1, -0.05) is 5.16 Å². The van der Waals surface area contributed by atoms with Crippen molar-refractivity contribution in [2.24, 2.45) is 0 Å². The van der Waals surface area contributed by atoms with Crippen molar-refractivity contribution in [1.82, 2.24) is 20.4 Å². The van der Waals surface area contributed by atoms with E-state index in [2.05, 4.69) is 20.4 Å². The minimum absolute atomic E-state index is 0.299. The first-order valence-electron chi connectivity index (χ1n) is 9.42. The maximum Gasteiger partial charge on any atom is 0.252 e. The van der Waals surface area contributed by atoms with Crippen LogP contribution in [0.25, 0.3) is 10.9 Å². The fourth-order valence-electron chi connectivity index (χ4n) is 3.79. The average molecular weight is 382 g/mol. The number of hydrogen-bond donors (Lipinski definition) is 1. The molecule has 144 valence electrons. The number of carbonyl (C=O) groups excluding carboxylic acids is 1. The number of nitrogens with zero attached hydrogens (tertiary/aromatic N) is 3. The molecule has 7 nitrogen and oxygen atoms in total. The van der Waals surface area contributed by atoms with Crippen molar-refractivity contribution in [1.29, 1.82) is 0 Å². The third kappa shape index (κ3) is 3.03. The first kappa shape index (κ1) is 17.2. The van der Waals surface area contributed by atoms with Crippen LogP contribution in [0.3, 0.4) is 0 Å². The van der Waals surface area contributed by atoms with E-state index in [1.807, 2.05) is 0 Å². The minimum atomic E-state index is -0.773. The van der Waals surface area contributed by atoms with E-state index in [4.69, 9.17) is 9.26 Å². The molecular formula is C20H19FN4O3. The van der Waals surface area contributed by atoms with E-state index < -0.39 is 11.4 Å². The standard InChI is InChI=1S/C20H19FN4O3/c21-13-3-4-16-14(9-13)15(10-17(23-16)12-1-2-12)18(26)24-20(5-7-27-8-6-20)19-22-11-28-25-19/h3-4,9-12H,1-2,5-8H2,(H,24,26). The number of aromatic nitrogens is 3. The summed E-state index contributed by atoms with van der Waals surface area (Å²) in [6.45, 7) is 0.960. The molecule has 0 atom stereocenters. The SMILES string of the molecule is O=C(NC1(c2ncon2)CCOCC1)c1cc(C2CC2)nc2ccc(F)cc12. The number of amides is 1. The number of benzene rings is 1. The smallest absolute Gasteiger partial charge is 0.252 e. The van der Waals surface area contributed by atoms with Crippen LogP contribution in [-0.4, -0.2) is 34.2 Å². The van der Waals surface area contributed by atoms with Gasteiger partial charge in [0.2, 0.25) is 6.39 Å². The van der Waals surface area contributed by atoms with Gasteiger partial charge in [0.1, 0.15) is 11.4 Å². The Balaban J connectivity index is 1.57. The third-order valence-corrected chi connectivity index (χ3v) is 5.52. The van der Waals surface area contributed by atoms with Crippen LogP contribution in [0.1, 0.15) is 53.5 Å². The van der Waals surface area contributed by atoms with Gasteiger partial charge in [-0.15, -0.1) is 0 Å². The van der Waals surface area contributed by atoms with Crippen LogP contribution in [0.15, 0.2) is 35.2 Å². The number of halogens is 1. The lowest BCUT2D eigenvalue weighted by Crippen LogP contribution is -2.50. The number of ether oxygens (including phenoxy) is 1. The molecule has 0 radical (unpaired) electrons. The summed E-state index contributed by atoms with van der Waals surface area (Å²) in [5, 5.41) is 7.55. The molecule has 3 heterocycles. The second-order valence-corrected chi connectivity index (χ2v) is 7.43. The zero-order valence-corrected chi connectivity index (χ0v) is 15.2. The van der Waals surface area contributed by atoms with E-state index >= 15 is 0 Å². The Morgan fingerprint density at radius 1 is 1.21 bits per heavy atom. The first-order valence-corrected chi connectivity index (χ1v) is 9.42. The number of carbonyl (C=O) groups is 1. The zero-order valence-electron chi connectivity index (χ0n) is 15.2. The molecule has 1 saturated carbocycles. The largest absolute Gasteiger partial charge is 0.381 e. The highest BCUT2D eigenvalue weighted by atomic mass is 19.1. The molecule has 1 amide bonds. The topological polar surface area (TPSA) is 90.1 Å². The molecule has 0 unspecified atom stereocenters. The molecule has 0 spiro atoms. The number of hydrogen-bond acceptors (Lipinski definition) is 6. The van der Waals surface area contributed by atoms with Crippen molar-refractivity contribution in [3.05, 3.63) is 53.6 Å². The predicted molar refractivity (Wildman–Crippen MR) is 97.2 cm³/mol. The van der Waals surface area contributed by atoms with Crippen LogP contribution in [0.2, 0.25) is 0 Å². The Morgan fingerprint density at radius 2 is 2.04 bits per heavy atom. The molecule has 1 saturated heterocycles. The lowest BCUT2D eigenvalue weighted by atomic mass is 9.88. The van der Waals surface area contributed by atoms with Crippen LogP contribution in [0.4, 0.5) is 4.39 Å². The Bertz CT molecular complexity index is 1030. The predicted octanol–water partition coefficient (Wildman–Crippen LogP) is 3.07. The maximum atomic E-state index is 13.9. The summed E-state index contributed by atoms with van der Waals surface area (Å²) in [5.41, 5.74) is 1.15. The Labute approximate surface area is 160 Å². The molecule has 0 bridgehead atoms. The van der Waals surface area contributed by atoms with E-state index in [0.717, 1.165) is 18.5 Å². The Kier molecular flexibility index (Phi) is 4.08. The fraction of sp³-hybridized carbons (Fsp3) is 0.400.